The Bertz CT molecular complexity index is 601. The Hall–Kier alpha value is -1.96. The molecule has 1 aromatic heterocycles. The summed E-state index contributed by atoms with van der Waals surface area (Å²) >= 11 is 1.44. The minimum atomic E-state index is -0.504. The van der Waals surface area contributed by atoms with Gasteiger partial charge >= 0.3 is 0 Å². The lowest BCUT2D eigenvalue weighted by Crippen LogP contribution is -2.48. The average Bonchev–Trinajstić information content (AvgIpc) is 3.26. The Morgan fingerprint density at radius 2 is 2.08 bits per heavy atom. The fourth-order valence-electron chi connectivity index (χ4n) is 3.14. The molecule has 8 heteroatoms. The van der Waals surface area contributed by atoms with E-state index in [0.29, 0.717) is 37.4 Å². The summed E-state index contributed by atoms with van der Waals surface area (Å²) in [6.45, 7) is 5.44. The molecule has 2 rings (SSSR count). The molecule has 25 heavy (non-hydrogen) atoms. The Kier molecular flexibility index (Phi) is 6.92. The summed E-state index contributed by atoms with van der Waals surface area (Å²) in [6.07, 6.45) is 5.62. The van der Waals surface area contributed by atoms with Crippen molar-refractivity contribution in [2.45, 2.75) is 32.4 Å². The number of carbonyl (C=O) groups is 3. The molecule has 0 bridgehead atoms. The number of carbonyl (C=O) groups excluding carboxylic acids is 3. The van der Waals surface area contributed by atoms with Crippen molar-refractivity contribution in [2.75, 3.05) is 31.6 Å². The molecule has 1 fully saturated rings. The maximum absolute atomic E-state index is 12.8. The van der Waals surface area contributed by atoms with Crippen molar-refractivity contribution >= 4 is 29.5 Å². The zero-order chi connectivity index (χ0) is 18.4. The lowest BCUT2D eigenvalue weighted by atomic mass is 10.1. The minimum Gasteiger partial charge on any atom is -0.367 e. The first-order chi connectivity index (χ1) is 12.0. The molecule has 1 saturated heterocycles. The number of likely N-dealkylation sites (N-methyl/N-ethyl adjacent to an activating group) is 1. The first kappa shape index (κ1) is 19.4. The Labute approximate surface area is 152 Å². The van der Waals surface area contributed by atoms with Crippen molar-refractivity contribution < 1.29 is 14.4 Å². The zero-order valence-corrected chi connectivity index (χ0v) is 15.8. The molecule has 2 N–H and O–H groups in total. The van der Waals surface area contributed by atoms with E-state index in [2.05, 4.69) is 10.3 Å². The van der Waals surface area contributed by atoms with Crippen molar-refractivity contribution in [3.63, 3.8) is 0 Å². The number of H-pyrrole nitrogens is 1. The fourth-order valence-corrected chi connectivity index (χ4v) is 3.55. The van der Waals surface area contributed by atoms with Crippen molar-refractivity contribution in [2.24, 2.45) is 0 Å². The van der Waals surface area contributed by atoms with Crippen LogP contribution in [0.5, 0.6) is 0 Å². The minimum absolute atomic E-state index is 0.0437. The number of aromatic nitrogens is 1. The third-order valence-corrected chi connectivity index (χ3v) is 4.98. The van der Waals surface area contributed by atoms with E-state index in [1.54, 1.807) is 28.3 Å². The average molecular weight is 366 g/mol. The van der Waals surface area contributed by atoms with Gasteiger partial charge in [0.1, 0.15) is 6.04 Å². The lowest BCUT2D eigenvalue weighted by Gasteiger charge is -2.28. The number of nitrogens with zero attached hydrogens (tertiary/aromatic N) is 2. The molecule has 3 amide bonds. The maximum Gasteiger partial charge on any atom is 0.253 e. The first-order valence-corrected chi connectivity index (χ1v) is 9.92. The van der Waals surface area contributed by atoms with E-state index in [9.17, 15) is 14.4 Å². The second-order valence-electron chi connectivity index (χ2n) is 6.01. The van der Waals surface area contributed by atoms with Crippen LogP contribution in [0.1, 0.15) is 30.6 Å². The van der Waals surface area contributed by atoms with E-state index in [0.717, 1.165) is 0 Å². The van der Waals surface area contributed by atoms with Crippen molar-refractivity contribution in [3.05, 3.63) is 24.0 Å². The van der Waals surface area contributed by atoms with Crippen LogP contribution < -0.4 is 5.32 Å². The molecule has 0 saturated carbocycles. The summed E-state index contributed by atoms with van der Waals surface area (Å²) in [7, 11) is 0. The van der Waals surface area contributed by atoms with Crippen LogP contribution >= 0.6 is 11.8 Å². The van der Waals surface area contributed by atoms with Gasteiger partial charge in [0.25, 0.3) is 5.91 Å². The van der Waals surface area contributed by atoms with E-state index in [1.807, 2.05) is 20.1 Å². The smallest absolute Gasteiger partial charge is 0.253 e. The second-order valence-corrected chi connectivity index (χ2v) is 6.88. The number of likely N-dealkylation sites (tertiary alicyclic amines) is 1. The quantitative estimate of drug-likeness (QED) is 0.752. The third-order valence-electron chi connectivity index (χ3n) is 4.44. The number of thioether (sulfide) groups is 1. The van der Waals surface area contributed by atoms with Crippen LogP contribution in [0.2, 0.25) is 0 Å². The number of amides is 3. The number of aromatic amines is 1. The van der Waals surface area contributed by atoms with Crippen molar-refractivity contribution in [1.82, 2.24) is 20.1 Å². The van der Waals surface area contributed by atoms with Gasteiger partial charge in [0, 0.05) is 38.1 Å². The van der Waals surface area contributed by atoms with Crippen molar-refractivity contribution in [3.8, 4) is 0 Å². The topological polar surface area (TPSA) is 85.5 Å². The summed E-state index contributed by atoms with van der Waals surface area (Å²) < 4.78 is 0. The number of hydrogen-bond acceptors (Lipinski definition) is 4. The van der Waals surface area contributed by atoms with E-state index in [4.69, 9.17) is 0 Å². The summed E-state index contributed by atoms with van der Waals surface area (Å²) in [4.78, 5) is 43.7. The Morgan fingerprint density at radius 1 is 1.36 bits per heavy atom. The highest BCUT2D eigenvalue weighted by Crippen LogP contribution is 2.22. The summed E-state index contributed by atoms with van der Waals surface area (Å²) in [5.74, 6) is 0.0363. The van der Waals surface area contributed by atoms with Gasteiger partial charge in [0.2, 0.25) is 11.8 Å². The summed E-state index contributed by atoms with van der Waals surface area (Å²) in [5, 5.41) is 2.94. The molecule has 0 aromatic carbocycles. The fraction of sp³-hybridized carbons (Fsp3) is 0.588. The molecule has 2 atom stereocenters. The van der Waals surface area contributed by atoms with Gasteiger partial charge in [-0.1, -0.05) is 0 Å². The van der Waals surface area contributed by atoms with Crippen LogP contribution in [0.4, 0.5) is 0 Å². The first-order valence-electron chi connectivity index (χ1n) is 8.52. The normalized spacial score (nSPS) is 19.7. The van der Waals surface area contributed by atoms with Crippen LogP contribution in [0.25, 0.3) is 0 Å². The molecular formula is C17H26N4O3S. The van der Waals surface area contributed by atoms with Crippen LogP contribution in [0.3, 0.4) is 0 Å². The van der Waals surface area contributed by atoms with Gasteiger partial charge in [-0.15, -0.1) is 0 Å². The highest BCUT2D eigenvalue weighted by Gasteiger charge is 2.41. The van der Waals surface area contributed by atoms with E-state index >= 15 is 0 Å². The molecule has 1 aliphatic heterocycles. The highest BCUT2D eigenvalue weighted by molar-refractivity contribution is 7.99. The standard InChI is InChI=1S/C17H26N4O3S/c1-4-20(5-2)17(24)14-8-13(10-21(14)15(22)11-25-3)19-16(23)12-6-7-18-9-12/h6-7,9,13-14,18H,4-5,8,10-11H2,1-3H3,(H,19,23)/t13-,14+/m1/s1. The summed E-state index contributed by atoms with van der Waals surface area (Å²) in [5.41, 5.74) is 0.542. The molecule has 7 nitrogen and oxygen atoms in total. The molecule has 2 heterocycles. The molecule has 0 radical (unpaired) electrons. The molecule has 1 aromatic rings. The third kappa shape index (κ3) is 4.56. The van der Waals surface area contributed by atoms with Crippen LogP contribution in [-0.2, 0) is 9.59 Å². The largest absolute Gasteiger partial charge is 0.367 e. The van der Waals surface area contributed by atoms with Gasteiger partial charge in [0.15, 0.2) is 0 Å². The molecular weight excluding hydrogens is 340 g/mol. The number of nitrogens with one attached hydrogen (secondary N) is 2. The highest BCUT2D eigenvalue weighted by atomic mass is 32.2. The molecule has 1 aliphatic rings. The number of hydrogen-bond donors (Lipinski definition) is 2. The van der Waals surface area contributed by atoms with Crippen molar-refractivity contribution in [1.29, 1.82) is 0 Å². The van der Waals surface area contributed by atoms with Crippen LogP contribution in [0, 0.1) is 0 Å². The second kappa shape index (κ2) is 8.94. The zero-order valence-electron chi connectivity index (χ0n) is 14.9. The van der Waals surface area contributed by atoms with Crippen LogP contribution in [-0.4, -0.2) is 76.2 Å². The van der Waals surface area contributed by atoms with E-state index in [-0.39, 0.29) is 23.8 Å². The molecule has 138 valence electrons. The number of rotatable bonds is 7. The van der Waals surface area contributed by atoms with Gasteiger partial charge in [-0.3, -0.25) is 14.4 Å². The molecule has 0 spiro atoms. The van der Waals surface area contributed by atoms with Crippen LogP contribution in [0.15, 0.2) is 18.5 Å². The predicted octanol–water partition coefficient (Wildman–Crippen LogP) is 0.945. The van der Waals surface area contributed by atoms with Gasteiger partial charge in [-0.2, -0.15) is 11.8 Å². The van der Waals surface area contributed by atoms with E-state index < -0.39 is 6.04 Å². The Morgan fingerprint density at radius 3 is 2.64 bits per heavy atom. The summed E-state index contributed by atoms with van der Waals surface area (Å²) in [6, 6.07) is 0.966. The van der Waals surface area contributed by atoms with Gasteiger partial charge < -0.3 is 20.1 Å². The van der Waals surface area contributed by atoms with Gasteiger partial charge in [-0.25, -0.2) is 0 Å². The molecule has 0 unspecified atom stereocenters. The monoisotopic (exact) mass is 366 g/mol. The van der Waals surface area contributed by atoms with E-state index in [1.165, 1.54) is 11.8 Å². The lowest BCUT2D eigenvalue weighted by molar-refractivity contribution is -0.142. The molecule has 0 aliphatic carbocycles. The SMILES string of the molecule is CCN(CC)C(=O)[C@@H]1C[C@@H](NC(=O)c2cc[nH]c2)CN1C(=O)CSC. The maximum atomic E-state index is 12.8. The predicted molar refractivity (Wildman–Crippen MR) is 98.5 cm³/mol. The van der Waals surface area contributed by atoms with Gasteiger partial charge in [-0.05, 0) is 32.6 Å². The Balaban J connectivity index is 2.11. The van der Waals surface area contributed by atoms with Gasteiger partial charge in [0.05, 0.1) is 11.3 Å².